The Hall–Kier alpha value is -3.11. The number of carbonyl (C=O) groups is 2. The van der Waals surface area contributed by atoms with Crippen LogP contribution in [0.4, 0.5) is 0 Å². The van der Waals surface area contributed by atoms with Crippen LogP contribution in [0.15, 0.2) is 72.8 Å². The Bertz CT molecular complexity index is 1100. The molecule has 5 heteroatoms. The Morgan fingerprint density at radius 1 is 0.939 bits per heavy atom. The number of halogens is 1. The maximum absolute atomic E-state index is 13.7. The Labute approximate surface area is 201 Å². The van der Waals surface area contributed by atoms with Gasteiger partial charge in [0.25, 0.3) is 0 Å². The van der Waals surface area contributed by atoms with Gasteiger partial charge >= 0.3 is 0 Å². The third-order valence-corrected chi connectivity index (χ3v) is 6.14. The van der Waals surface area contributed by atoms with E-state index in [2.05, 4.69) is 5.32 Å². The van der Waals surface area contributed by atoms with Crippen molar-refractivity contribution in [1.29, 1.82) is 0 Å². The van der Waals surface area contributed by atoms with Crippen LogP contribution >= 0.6 is 11.6 Å². The van der Waals surface area contributed by atoms with E-state index >= 15 is 0 Å². The molecule has 3 aromatic rings. The number of benzene rings is 3. The largest absolute Gasteiger partial charge is 0.355 e. The van der Waals surface area contributed by atoms with Crippen LogP contribution in [0, 0.1) is 13.8 Å². The summed E-state index contributed by atoms with van der Waals surface area (Å²) in [6, 6.07) is 22.7. The zero-order chi connectivity index (χ0) is 23.8. The van der Waals surface area contributed by atoms with Gasteiger partial charge in [-0.25, -0.2) is 0 Å². The molecule has 4 nitrogen and oxygen atoms in total. The molecule has 0 aliphatic heterocycles. The van der Waals surface area contributed by atoms with Crippen molar-refractivity contribution < 1.29 is 9.59 Å². The summed E-state index contributed by atoms with van der Waals surface area (Å²) in [6.07, 6.45) is 0.651. The Morgan fingerprint density at radius 2 is 1.64 bits per heavy atom. The Kier molecular flexibility index (Phi) is 8.67. The molecule has 0 saturated heterocycles. The molecule has 1 N–H and O–H groups in total. The van der Waals surface area contributed by atoms with Gasteiger partial charge in [-0.05, 0) is 49.1 Å². The third kappa shape index (κ3) is 6.69. The Morgan fingerprint density at radius 3 is 2.33 bits per heavy atom. The van der Waals surface area contributed by atoms with Gasteiger partial charge in [-0.1, -0.05) is 83.9 Å². The standard InChI is InChI=1S/C28H31ClN2O2/c1-4-30-28(33)26(17-22-10-6-5-7-11-22)31(19-23-12-8-9-13-25(23)29)27(32)18-24-16-20(2)14-15-21(24)3/h5-16,26H,4,17-19H2,1-3H3,(H,30,33)/t26-/m0/s1. The van der Waals surface area contributed by atoms with Crippen molar-refractivity contribution in [3.05, 3.63) is 106 Å². The van der Waals surface area contributed by atoms with Crippen LogP contribution in [0.5, 0.6) is 0 Å². The van der Waals surface area contributed by atoms with Crippen molar-refractivity contribution in [1.82, 2.24) is 10.2 Å². The highest BCUT2D eigenvalue weighted by Gasteiger charge is 2.30. The summed E-state index contributed by atoms with van der Waals surface area (Å²) in [4.78, 5) is 28.6. The molecule has 2 amide bonds. The van der Waals surface area contributed by atoms with E-state index in [1.807, 2.05) is 93.6 Å². The number of rotatable bonds is 9. The van der Waals surface area contributed by atoms with Crippen molar-refractivity contribution in [2.45, 2.75) is 46.2 Å². The molecule has 0 heterocycles. The maximum atomic E-state index is 13.7. The van der Waals surface area contributed by atoms with Gasteiger partial charge in [-0.2, -0.15) is 0 Å². The third-order valence-electron chi connectivity index (χ3n) is 5.77. The predicted molar refractivity (Wildman–Crippen MR) is 134 cm³/mol. The molecule has 0 spiro atoms. The predicted octanol–water partition coefficient (Wildman–Crippen LogP) is 5.28. The monoisotopic (exact) mass is 462 g/mol. The molecule has 3 rings (SSSR count). The fourth-order valence-electron chi connectivity index (χ4n) is 3.91. The molecular weight excluding hydrogens is 432 g/mol. The molecule has 3 aromatic carbocycles. The van der Waals surface area contributed by atoms with Crippen LogP contribution in [-0.2, 0) is 29.0 Å². The van der Waals surface area contributed by atoms with Crippen LogP contribution < -0.4 is 5.32 Å². The second-order valence-corrected chi connectivity index (χ2v) is 8.73. The zero-order valence-electron chi connectivity index (χ0n) is 19.5. The molecule has 33 heavy (non-hydrogen) atoms. The number of amides is 2. The molecule has 0 radical (unpaired) electrons. The summed E-state index contributed by atoms with van der Waals surface area (Å²) in [5.74, 6) is -0.265. The first-order chi connectivity index (χ1) is 15.9. The minimum atomic E-state index is -0.652. The van der Waals surface area contributed by atoms with Crippen LogP contribution in [-0.4, -0.2) is 29.3 Å². The highest BCUT2D eigenvalue weighted by molar-refractivity contribution is 6.31. The summed E-state index contributed by atoms with van der Waals surface area (Å²) in [5, 5.41) is 3.50. The SMILES string of the molecule is CCNC(=O)[C@H](Cc1ccccc1)N(Cc1ccccc1Cl)C(=O)Cc1cc(C)ccc1C. The van der Waals surface area contributed by atoms with Crippen LogP contribution in [0.2, 0.25) is 5.02 Å². The van der Waals surface area contributed by atoms with E-state index in [1.165, 1.54) is 0 Å². The fraction of sp³-hybridized carbons (Fsp3) is 0.286. The number of hydrogen-bond acceptors (Lipinski definition) is 2. The van der Waals surface area contributed by atoms with Gasteiger partial charge in [0.1, 0.15) is 6.04 Å². The lowest BCUT2D eigenvalue weighted by Gasteiger charge is -2.32. The van der Waals surface area contributed by atoms with E-state index < -0.39 is 6.04 Å². The van der Waals surface area contributed by atoms with E-state index in [4.69, 9.17) is 11.6 Å². The molecule has 0 aliphatic rings. The summed E-state index contributed by atoms with van der Waals surface area (Å²) < 4.78 is 0. The minimum Gasteiger partial charge on any atom is -0.355 e. The van der Waals surface area contributed by atoms with Gasteiger partial charge in [-0.3, -0.25) is 9.59 Å². The first-order valence-electron chi connectivity index (χ1n) is 11.3. The van der Waals surface area contributed by atoms with Crippen LogP contribution in [0.1, 0.15) is 34.7 Å². The van der Waals surface area contributed by atoms with Gasteiger partial charge in [0.05, 0.1) is 6.42 Å². The van der Waals surface area contributed by atoms with Gasteiger partial charge in [0.15, 0.2) is 0 Å². The molecular formula is C28H31ClN2O2. The average molecular weight is 463 g/mol. The van der Waals surface area contributed by atoms with E-state index in [-0.39, 0.29) is 24.8 Å². The van der Waals surface area contributed by atoms with Crippen molar-refractivity contribution in [2.75, 3.05) is 6.54 Å². The normalized spacial score (nSPS) is 11.6. The van der Waals surface area contributed by atoms with Gasteiger partial charge in [0.2, 0.25) is 11.8 Å². The number of hydrogen-bond donors (Lipinski definition) is 1. The smallest absolute Gasteiger partial charge is 0.243 e. The maximum Gasteiger partial charge on any atom is 0.243 e. The minimum absolute atomic E-state index is 0.101. The number of likely N-dealkylation sites (N-methyl/N-ethyl adjacent to an activating group) is 1. The van der Waals surface area contributed by atoms with Crippen molar-refractivity contribution in [3.8, 4) is 0 Å². The first-order valence-corrected chi connectivity index (χ1v) is 11.7. The highest BCUT2D eigenvalue weighted by Crippen LogP contribution is 2.22. The lowest BCUT2D eigenvalue weighted by Crippen LogP contribution is -2.51. The summed E-state index contributed by atoms with van der Waals surface area (Å²) in [6.45, 7) is 6.66. The van der Waals surface area contributed by atoms with Crippen LogP contribution in [0.25, 0.3) is 0 Å². The van der Waals surface area contributed by atoms with E-state index in [0.29, 0.717) is 18.0 Å². The molecule has 172 valence electrons. The van der Waals surface area contributed by atoms with Gasteiger partial charge < -0.3 is 10.2 Å². The van der Waals surface area contributed by atoms with Crippen LogP contribution in [0.3, 0.4) is 0 Å². The number of carbonyl (C=O) groups excluding carboxylic acids is 2. The fourth-order valence-corrected chi connectivity index (χ4v) is 4.11. The van der Waals surface area contributed by atoms with E-state index in [9.17, 15) is 9.59 Å². The lowest BCUT2D eigenvalue weighted by atomic mass is 9.99. The summed E-state index contributed by atoms with van der Waals surface area (Å²) >= 11 is 6.45. The van der Waals surface area contributed by atoms with Crippen molar-refractivity contribution >= 4 is 23.4 Å². The molecule has 0 saturated carbocycles. The number of aryl methyl sites for hydroxylation is 2. The lowest BCUT2D eigenvalue weighted by molar-refractivity contribution is -0.140. The summed E-state index contributed by atoms with van der Waals surface area (Å²) in [7, 11) is 0. The average Bonchev–Trinajstić information content (AvgIpc) is 2.80. The molecule has 0 aromatic heterocycles. The number of nitrogens with one attached hydrogen (secondary N) is 1. The second-order valence-electron chi connectivity index (χ2n) is 8.32. The summed E-state index contributed by atoms with van der Waals surface area (Å²) in [5.41, 5.74) is 4.95. The van der Waals surface area contributed by atoms with Crippen molar-refractivity contribution in [2.24, 2.45) is 0 Å². The first kappa shape index (κ1) is 24.5. The zero-order valence-corrected chi connectivity index (χ0v) is 20.2. The molecule has 1 atom stereocenters. The molecule has 0 fully saturated rings. The second kappa shape index (κ2) is 11.7. The Balaban J connectivity index is 1.99. The van der Waals surface area contributed by atoms with Gasteiger partial charge in [-0.15, -0.1) is 0 Å². The topological polar surface area (TPSA) is 49.4 Å². The molecule has 0 bridgehead atoms. The number of nitrogens with zero attached hydrogens (tertiary/aromatic N) is 1. The van der Waals surface area contributed by atoms with E-state index in [0.717, 1.165) is 27.8 Å². The molecule has 0 unspecified atom stereocenters. The molecule has 0 aliphatic carbocycles. The van der Waals surface area contributed by atoms with Gasteiger partial charge in [0, 0.05) is 24.5 Å². The van der Waals surface area contributed by atoms with Crippen molar-refractivity contribution in [3.63, 3.8) is 0 Å². The highest BCUT2D eigenvalue weighted by atomic mass is 35.5. The quantitative estimate of drug-likeness (QED) is 0.470. The van der Waals surface area contributed by atoms with E-state index in [1.54, 1.807) is 4.90 Å².